The number of ether oxygens (including phenoxy) is 1. The lowest BCUT2D eigenvalue weighted by Crippen LogP contribution is -2.44. The number of carbonyl (C=O) groups is 2. The predicted octanol–water partition coefficient (Wildman–Crippen LogP) is 3.76. The van der Waals surface area contributed by atoms with Gasteiger partial charge in [-0.05, 0) is 51.5 Å². The molecule has 3 unspecified atom stereocenters. The minimum Gasteiger partial charge on any atom is -0.469 e. The fraction of sp³-hybridized carbons (Fsp3) is 0.619. The SMILES string of the molecule is COC(=O)C1CCC(C(=O)N2C(C)CC(c3ccccc3)C2C)CC1. The van der Waals surface area contributed by atoms with Crippen molar-refractivity contribution in [2.45, 2.75) is 64.0 Å². The smallest absolute Gasteiger partial charge is 0.308 e. The zero-order valence-electron chi connectivity index (χ0n) is 15.5. The predicted molar refractivity (Wildman–Crippen MR) is 97.0 cm³/mol. The van der Waals surface area contributed by atoms with E-state index in [-0.39, 0.29) is 35.8 Å². The normalized spacial score (nSPS) is 32.4. The van der Waals surface area contributed by atoms with E-state index in [0.717, 1.165) is 32.1 Å². The first kappa shape index (κ1) is 18.0. The van der Waals surface area contributed by atoms with E-state index >= 15 is 0 Å². The first-order chi connectivity index (χ1) is 12.0. The van der Waals surface area contributed by atoms with Gasteiger partial charge in [0.1, 0.15) is 0 Å². The molecule has 25 heavy (non-hydrogen) atoms. The van der Waals surface area contributed by atoms with Crippen LogP contribution in [0.4, 0.5) is 0 Å². The molecule has 0 radical (unpaired) electrons. The van der Waals surface area contributed by atoms with Crippen LogP contribution in [0.25, 0.3) is 0 Å². The first-order valence-corrected chi connectivity index (χ1v) is 9.47. The summed E-state index contributed by atoms with van der Waals surface area (Å²) in [4.78, 5) is 27.0. The van der Waals surface area contributed by atoms with Crippen LogP contribution in [0.5, 0.6) is 0 Å². The van der Waals surface area contributed by atoms with Crippen molar-refractivity contribution in [2.75, 3.05) is 7.11 Å². The van der Waals surface area contributed by atoms with Gasteiger partial charge in [-0.1, -0.05) is 30.3 Å². The molecule has 2 fully saturated rings. The Morgan fingerprint density at radius 3 is 2.20 bits per heavy atom. The fourth-order valence-corrected chi connectivity index (χ4v) is 4.76. The number of methoxy groups -OCH3 is 1. The fourth-order valence-electron chi connectivity index (χ4n) is 4.76. The van der Waals surface area contributed by atoms with Gasteiger partial charge in [-0.3, -0.25) is 9.59 Å². The third-order valence-corrected chi connectivity index (χ3v) is 6.18. The summed E-state index contributed by atoms with van der Waals surface area (Å²) in [5, 5.41) is 0. The molecule has 3 rings (SSSR count). The molecule has 0 spiro atoms. The van der Waals surface area contributed by atoms with Crippen LogP contribution in [0.3, 0.4) is 0 Å². The molecule has 4 heteroatoms. The molecule has 1 amide bonds. The van der Waals surface area contributed by atoms with Crippen molar-refractivity contribution >= 4 is 11.9 Å². The number of rotatable bonds is 3. The second-order valence-electron chi connectivity index (χ2n) is 7.66. The van der Waals surface area contributed by atoms with Crippen molar-refractivity contribution in [3.05, 3.63) is 35.9 Å². The van der Waals surface area contributed by atoms with Crippen molar-refractivity contribution in [3.63, 3.8) is 0 Å². The van der Waals surface area contributed by atoms with E-state index in [1.807, 2.05) is 6.07 Å². The van der Waals surface area contributed by atoms with Gasteiger partial charge >= 0.3 is 5.97 Å². The first-order valence-electron chi connectivity index (χ1n) is 9.47. The quantitative estimate of drug-likeness (QED) is 0.785. The van der Waals surface area contributed by atoms with E-state index in [1.165, 1.54) is 12.7 Å². The average Bonchev–Trinajstić information content (AvgIpc) is 2.95. The van der Waals surface area contributed by atoms with Crippen molar-refractivity contribution in [1.29, 1.82) is 0 Å². The van der Waals surface area contributed by atoms with Crippen LogP contribution < -0.4 is 0 Å². The number of nitrogens with zero attached hydrogens (tertiary/aromatic N) is 1. The largest absolute Gasteiger partial charge is 0.469 e. The molecule has 4 nitrogen and oxygen atoms in total. The number of benzene rings is 1. The lowest BCUT2D eigenvalue weighted by molar-refractivity contribution is -0.149. The van der Waals surface area contributed by atoms with Crippen molar-refractivity contribution in [1.82, 2.24) is 4.90 Å². The maximum Gasteiger partial charge on any atom is 0.308 e. The molecule has 1 saturated heterocycles. The number of amides is 1. The summed E-state index contributed by atoms with van der Waals surface area (Å²) in [7, 11) is 1.44. The number of hydrogen-bond acceptors (Lipinski definition) is 3. The van der Waals surface area contributed by atoms with Gasteiger partial charge < -0.3 is 9.64 Å². The van der Waals surface area contributed by atoms with Gasteiger partial charge in [0.2, 0.25) is 5.91 Å². The second-order valence-corrected chi connectivity index (χ2v) is 7.66. The standard InChI is InChI=1S/C21H29NO3/c1-14-13-19(16-7-5-4-6-8-16)15(2)22(14)20(23)17-9-11-18(12-10-17)21(24)25-3/h4-8,14-15,17-19H,9-13H2,1-3H3. The van der Waals surface area contributed by atoms with Crippen LogP contribution in [-0.2, 0) is 14.3 Å². The lowest BCUT2D eigenvalue weighted by atomic mass is 9.81. The lowest BCUT2D eigenvalue weighted by Gasteiger charge is -2.34. The van der Waals surface area contributed by atoms with Crippen LogP contribution in [0.1, 0.15) is 57.4 Å². The molecular formula is C21H29NO3. The van der Waals surface area contributed by atoms with E-state index in [2.05, 4.69) is 43.0 Å². The summed E-state index contributed by atoms with van der Waals surface area (Å²) >= 11 is 0. The molecule has 1 aromatic rings. The van der Waals surface area contributed by atoms with Crippen molar-refractivity contribution in [3.8, 4) is 0 Å². The van der Waals surface area contributed by atoms with Gasteiger partial charge in [0.05, 0.1) is 13.0 Å². The minimum absolute atomic E-state index is 0.0282. The molecule has 3 atom stereocenters. The molecule has 1 aliphatic carbocycles. The molecule has 1 saturated carbocycles. The van der Waals surface area contributed by atoms with Gasteiger partial charge in [0.15, 0.2) is 0 Å². The van der Waals surface area contributed by atoms with Gasteiger partial charge in [-0.2, -0.15) is 0 Å². The van der Waals surface area contributed by atoms with E-state index in [0.29, 0.717) is 5.92 Å². The highest BCUT2D eigenvalue weighted by molar-refractivity contribution is 5.80. The minimum atomic E-state index is -0.127. The van der Waals surface area contributed by atoms with Gasteiger partial charge in [-0.25, -0.2) is 0 Å². The van der Waals surface area contributed by atoms with E-state index in [9.17, 15) is 9.59 Å². The monoisotopic (exact) mass is 343 g/mol. The summed E-state index contributed by atoms with van der Waals surface area (Å²) in [6, 6.07) is 11.0. The van der Waals surface area contributed by atoms with Crippen molar-refractivity contribution in [2.24, 2.45) is 11.8 Å². The molecular weight excluding hydrogens is 314 g/mol. The Labute approximate surface area is 150 Å². The van der Waals surface area contributed by atoms with Crippen LogP contribution >= 0.6 is 0 Å². The molecule has 1 heterocycles. The number of esters is 1. The maximum absolute atomic E-state index is 13.2. The Balaban J connectivity index is 1.65. The Morgan fingerprint density at radius 2 is 1.60 bits per heavy atom. The van der Waals surface area contributed by atoms with Crippen LogP contribution in [0, 0.1) is 11.8 Å². The van der Waals surface area contributed by atoms with Crippen molar-refractivity contribution < 1.29 is 14.3 Å². The third kappa shape index (κ3) is 3.58. The maximum atomic E-state index is 13.2. The molecule has 0 bridgehead atoms. The highest BCUT2D eigenvalue weighted by Crippen LogP contribution is 2.40. The Kier molecular flexibility index (Phi) is 5.45. The molecule has 0 aromatic heterocycles. The molecule has 0 N–H and O–H groups in total. The molecule has 2 aliphatic rings. The molecule has 1 aromatic carbocycles. The second kappa shape index (κ2) is 7.59. The third-order valence-electron chi connectivity index (χ3n) is 6.18. The molecule has 136 valence electrons. The number of carbonyl (C=O) groups excluding carboxylic acids is 2. The van der Waals surface area contributed by atoms with Gasteiger partial charge in [-0.15, -0.1) is 0 Å². The van der Waals surface area contributed by atoms with Gasteiger partial charge in [0, 0.05) is 23.9 Å². The van der Waals surface area contributed by atoms with Crippen LogP contribution in [0.2, 0.25) is 0 Å². The number of hydrogen-bond donors (Lipinski definition) is 0. The van der Waals surface area contributed by atoms with E-state index in [1.54, 1.807) is 0 Å². The Morgan fingerprint density at radius 1 is 1.00 bits per heavy atom. The zero-order chi connectivity index (χ0) is 18.0. The summed E-state index contributed by atoms with van der Waals surface area (Å²) in [6.45, 7) is 4.34. The van der Waals surface area contributed by atoms with Gasteiger partial charge in [0.25, 0.3) is 0 Å². The topological polar surface area (TPSA) is 46.6 Å². The molecule has 1 aliphatic heterocycles. The van der Waals surface area contributed by atoms with Crippen LogP contribution in [-0.4, -0.2) is 36.0 Å². The summed E-state index contributed by atoms with van der Waals surface area (Å²) < 4.78 is 4.85. The summed E-state index contributed by atoms with van der Waals surface area (Å²) in [6.07, 6.45) is 4.15. The van der Waals surface area contributed by atoms with Crippen LogP contribution in [0.15, 0.2) is 30.3 Å². The summed E-state index contributed by atoms with van der Waals surface area (Å²) in [5.74, 6) is 0.589. The Bertz CT molecular complexity index is 607. The van der Waals surface area contributed by atoms with E-state index in [4.69, 9.17) is 4.74 Å². The van der Waals surface area contributed by atoms with E-state index < -0.39 is 0 Å². The average molecular weight is 343 g/mol. The Hall–Kier alpha value is -1.84. The highest BCUT2D eigenvalue weighted by Gasteiger charge is 2.42. The zero-order valence-corrected chi connectivity index (χ0v) is 15.5. The highest BCUT2D eigenvalue weighted by atomic mass is 16.5. The summed E-state index contributed by atoms with van der Waals surface area (Å²) in [5.41, 5.74) is 1.33. The number of likely N-dealkylation sites (tertiary alicyclic amines) is 1.